The molecule has 0 radical (unpaired) electrons. The van der Waals surface area contributed by atoms with E-state index in [0.29, 0.717) is 0 Å². The van der Waals surface area contributed by atoms with Gasteiger partial charge in [-0.25, -0.2) is 0 Å². The van der Waals surface area contributed by atoms with Crippen molar-refractivity contribution in [3.05, 3.63) is 35.4 Å². The van der Waals surface area contributed by atoms with Gasteiger partial charge in [-0.15, -0.1) is 0 Å². The molecule has 1 unspecified atom stereocenters. The molecule has 0 aliphatic carbocycles. The van der Waals surface area contributed by atoms with E-state index in [1.807, 2.05) is 24.3 Å². The Kier molecular flexibility index (Phi) is 6.85. The molecule has 1 aromatic carbocycles. The number of nitrogens with one attached hydrogen (secondary N) is 1. The van der Waals surface area contributed by atoms with Gasteiger partial charge < -0.3 is 15.2 Å². The van der Waals surface area contributed by atoms with Crippen molar-refractivity contribution in [1.82, 2.24) is 5.32 Å². The Balaban J connectivity index is 2.44. The maximum atomic E-state index is 10.9. The first kappa shape index (κ1) is 17.7. The number of benzene rings is 1. The van der Waals surface area contributed by atoms with E-state index in [2.05, 4.69) is 19.2 Å². The molecule has 2 N–H and O–H groups in total. The smallest absolute Gasteiger partial charge is 0.310 e. The van der Waals surface area contributed by atoms with E-state index >= 15 is 0 Å². The standard InChI is InChI=1S/C17H27NO3/c1-13(16(19)20)15-7-5-14(6-8-15)11-18-12-17(2,3)9-10-21-4/h5-8,13,18H,9-12H2,1-4H3,(H,19,20). The zero-order chi connectivity index (χ0) is 15.9. The van der Waals surface area contributed by atoms with Crippen molar-refractivity contribution in [3.63, 3.8) is 0 Å². The highest BCUT2D eigenvalue weighted by atomic mass is 16.5. The fourth-order valence-electron chi connectivity index (χ4n) is 2.08. The van der Waals surface area contributed by atoms with E-state index in [9.17, 15) is 4.79 Å². The van der Waals surface area contributed by atoms with Gasteiger partial charge in [-0.2, -0.15) is 0 Å². The molecule has 1 aromatic rings. The van der Waals surface area contributed by atoms with Crippen LogP contribution in [0.3, 0.4) is 0 Å². The van der Waals surface area contributed by atoms with Crippen molar-refractivity contribution in [2.75, 3.05) is 20.3 Å². The van der Waals surface area contributed by atoms with Crippen molar-refractivity contribution in [2.45, 2.75) is 39.7 Å². The molecule has 4 heteroatoms. The number of hydrogen-bond acceptors (Lipinski definition) is 3. The van der Waals surface area contributed by atoms with Crippen LogP contribution in [-0.2, 0) is 16.1 Å². The van der Waals surface area contributed by atoms with Gasteiger partial charge in [0.2, 0.25) is 0 Å². The van der Waals surface area contributed by atoms with Crippen LogP contribution in [-0.4, -0.2) is 31.3 Å². The number of ether oxygens (including phenoxy) is 1. The van der Waals surface area contributed by atoms with Gasteiger partial charge in [0.1, 0.15) is 0 Å². The van der Waals surface area contributed by atoms with Gasteiger partial charge in [0.05, 0.1) is 5.92 Å². The van der Waals surface area contributed by atoms with Crippen molar-refractivity contribution < 1.29 is 14.6 Å². The lowest BCUT2D eigenvalue weighted by atomic mass is 9.89. The highest BCUT2D eigenvalue weighted by molar-refractivity contribution is 5.75. The molecule has 0 amide bonds. The quantitative estimate of drug-likeness (QED) is 0.735. The van der Waals surface area contributed by atoms with Crippen LogP contribution in [0.4, 0.5) is 0 Å². The van der Waals surface area contributed by atoms with Gasteiger partial charge in [-0.3, -0.25) is 4.79 Å². The van der Waals surface area contributed by atoms with Crippen molar-refractivity contribution >= 4 is 5.97 Å². The van der Waals surface area contributed by atoms with Crippen molar-refractivity contribution in [3.8, 4) is 0 Å². The number of rotatable bonds is 9. The summed E-state index contributed by atoms with van der Waals surface area (Å²) in [5.41, 5.74) is 2.21. The number of aliphatic carboxylic acids is 1. The fourth-order valence-corrected chi connectivity index (χ4v) is 2.08. The molecule has 1 rings (SSSR count). The van der Waals surface area contributed by atoms with Crippen molar-refractivity contribution in [2.24, 2.45) is 5.41 Å². The summed E-state index contributed by atoms with van der Waals surface area (Å²) in [6, 6.07) is 7.77. The second kappa shape index (κ2) is 8.15. The Morgan fingerprint density at radius 3 is 2.48 bits per heavy atom. The molecule has 0 bridgehead atoms. The molecule has 0 spiro atoms. The highest BCUT2D eigenvalue weighted by Crippen LogP contribution is 2.19. The summed E-state index contributed by atoms with van der Waals surface area (Å²) in [7, 11) is 1.73. The number of carboxylic acid groups (broad SMARTS) is 1. The molecule has 118 valence electrons. The second-order valence-corrected chi connectivity index (χ2v) is 6.31. The molecule has 21 heavy (non-hydrogen) atoms. The first-order valence-corrected chi connectivity index (χ1v) is 7.37. The van der Waals surface area contributed by atoms with E-state index in [1.165, 1.54) is 5.56 Å². The highest BCUT2D eigenvalue weighted by Gasteiger charge is 2.17. The van der Waals surface area contributed by atoms with Crippen molar-refractivity contribution in [1.29, 1.82) is 0 Å². The zero-order valence-electron chi connectivity index (χ0n) is 13.5. The minimum Gasteiger partial charge on any atom is -0.481 e. The Labute approximate surface area is 127 Å². The molecule has 0 heterocycles. The molecule has 0 aliphatic heterocycles. The third kappa shape index (κ3) is 6.27. The minimum absolute atomic E-state index is 0.202. The summed E-state index contributed by atoms with van der Waals surface area (Å²) >= 11 is 0. The SMILES string of the molecule is COCCC(C)(C)CNCc1ccc(C(C)C(=O)O)cc1. The first-order valence-electron chi connectivity index (χ1n) is 7.37. The Bertz CT molecular complexity index is 440. The van der Waals surface area contributed by atoms with E-state index in [1.54, 1.807) is 14.0 Å². The Morgan fingerprint density at radius 1 is 1.33 bits per heavy atom. The van der Waals surface area contributed by atoms with Crippen LogP contribution in [0.5, 0.6) is 0 Å². The normalized spacial score (nSPS) is 13.1. The lowest BCUT2D eigenvalue weighted by Gasteiger charge is -2.24. The lowest BCUT2D eigenvalue weighted by Crippen LogP contribution is -2.30. The summed E-state index contributed by atoms with van der Waals surface area (Å²) in [5, 5.41) is 12.4. The van der Waals surface area contributed by atoms with Crippen LogP contribution in [0.1, 0.15) is 44.2 Å². The van der Waals surface area contributed by atoms with E-state index in [0.717, 1.165) is 31.7 Å². The van der Waals surface area contributed by atoms with Gasteiger partial charge in [0, 0.05) is 26.8 Å². The molecule has 1 atom stereocenters. The lowest BCUT2D eigenvalue weighted by molar-refractivity contribution is -0.138. The Hall–Kier alpha value is -1.39. The van der Waals surface area contributed by atoms with Gasteiger partial charge in [-0.05, 0) is 29.9 Å². The van der Waals surface area contributed by atoms with Crippen LogP contribution >= 0.6 is 0 Å². The molecule has 0 saturated carbocycles. The topological polar surface area (TPSA) is 58.6 Å². The van der Waals surface area contributed by atoms with E-state index in [4.69, 9.17) is 9.84 Å². The maximum Gasteiger partial charge on any atom is 0.310 e. The van der Waals surface area contributed by atoms with Gasteiger partial charge in [-0.1, -0.05) is 38.1 Å². The predicted octanol–water partition coefficient (Wildman–Crippen LogP) is 3.03. The molecule has 0 saturated heterocycles. The largest absolute Gasteiger partial charge is 0.481 e. The number of carboxylic acids is 1. The average molecular weight is 293 g/mol. The minimum atomic E-state index is -0.791. The van der Waals surface area contributed by atoms with Gasteiger partial charge in [0.15, 0.2) is 0 Å². The number of carbonyl (C=O) groups is 1. The molecule has 0 fully saturated rings. The second-order valence-electron chi connectivity index (χ2n) is 6.31. The van der Waals surface area contributed by atoms with Crippen LogP contribution in [0, 0.1) is 5.41 Å². The van der Waals surface area contributed by atoms with Gasteiger partial charge >= 0.3 is 5.97 Å². The third-order valence-electron chi connectivity index (χ3n) is 3.77. The number of methoxy groups -OCH3 is 1. The molecule has 0 aliphatic rings. The van der Waals surface area contributed by atoms with Crippen LogP contribution in [0.2, 0.25) is 0 Å². The van der Waals surface area contributed by atoms with Gasteiger partial charge in [0.25, 0.3) is 0 Å². The van der Waals surface area contributed by atoms with E-state index < -0.39 is 11.9 Å². The third-order valence-corrected chi connectivity index (χ3v) is 3.77. The molecular weight excluding hydrogens is 266 g/mol. The Morgan fingerprint density at radius 2 is 1.95 bits per heavy atom. The average Bonchev–Trinajstić information content (AvgIpc) is 2.45. The summed E-state index contributed by atoms with van der Waals surface area (Å²) in [5.74, 6) is -1.25. The molecule has 0 aromatic heterocycles. The molecular formula is C17H27NO3. The monoisotopic (exact) mass is 293 g/mol. The summed E-state index contributed by atoms with van der Waals surface area (Å²) < 4.78 is 5.12. The summed E-state index contributed by atoms with van der Waals surface area (Å²) in [6.45, 7) is 8.62. The fraction of sp³-hybridized carbons (Fsp3) is 0.588. The maximum absolute atomic E-state index is 10.9. The van der Waals surface area contributed by atoms with E-state index in [-0.39, 0.29) is 5.41 Å². The summed E-state index contributed by atoms with van der Waals surface area (Å²) in [4.78, 5) is 10.9. The number of hydrogen-bond donors (Lipinski definition) is 2. The molecule has 4 nitrogen and oxygen atoms in total. The van der Waals surface area contributed by atoms with Crippen LogP contribution in [0.15, 0.2) is 24.3 Å². The van der Waals surface area contributed by atoms with Crippen LogP contribution < -0.4 is 5.32 Å². The van der Waals surface area contributed by atoms with Crippen LogP contribution in [0.25, 0.3) is 0 Å². The predicted molar refractivity (Wildman–Crippen MR) is 84.5 cm³/mol. The zero-order valence-corrected chi connectivity index (χ0v) is 13.5. The summed E-state index contributed by atoms with van der Waals surface area (Å²) in [6.07, 6.45) is 1.02. The first-order chi connectivity index (χ1) is 9.85.